The summed E-state index contributed by atoms with van der Waals surface area (Å²) in [5.41, 5.74) is 3.01. The molecule has 2 aromatic carbocycles. The van der Waals surface area contributed by atoms with Gasteiger partial charge in [0.1, 0.15) is 0 Å². The summed E-state index contributed by atoms with van der Waals surface area (Å²) in [6.45, 7) is 0.882. The van der Waals surface area contributed by atoms with E-state index in [-0.39, 0.29) is 35.7 Å². The molecule has 2 heterocycles. The van der Waals surface area contributed by atoms with Crippen LogP contribution < -0.4 is 0 Å². The predicted octanol–water partition coefficient (Wildman–Crippen LogP) is 4.63. The first-order valence-corrected chi connectivity index (χ1v) is 12.9. The topological polar surface area (TPSA) is 57.7 Å². The number of hydrogen-bond acceptors (Lipinski definition) is 3. The first-order chi connectivity index (χ1) is 16.5. The molecular formula is C29H30N2O3. The van der Waals surface area contributed by atoms with E-state index < -0.39 is 0 Å². The number of imide groups is 1. The molecule has 5 heteroatoms. The number of carbonyl (C=O) groups is 3. The molecule has 0 saturated heterocycles. The number of carbonyl (C=O) groups excluding carboxylic acids is 3. The molecule has 4 saturated carbocycles. The molecular weight excluding hydrogens is 424 g/mol. The highest BCUT2D eigenvalue weighted by atomic mass is 16.2. The van der Waals surface area contributed by atoms with E-state index >= 15 is 0 Å². The molecule has 1 atom stereocenters. The van der Waals surface area contributed by atoms with Gasteiger partial charge in [0.15, 0.2) is 0 Å². The van der Waals surface area contributed by atoms with Crippen molar-refractivity contribution in [3.63, 3.8) is 0 Å². The molecule has 0 spiro atoms. The summed E-state index contributed by atoms with van der Waals surface area (Å²) in [6.07, 6.45) is 7.80. The van der Waals surface area contributed by atoms with Crippen molar-refractivity contribution in [3.8, 4) is 0 Å². The van der Waals surface area contributed by atoms with Crippen LogP contribution in [-0.4, -0.2) is 40.6 Å². The average Bonchev–Trinajstić information content (AvgIpc) is 3.08. The van der Waals surface area contributed by atoms with E-state index in [1.165, 1.54) is 29.7 Å². The van der Waals surface area contributed by atoms with Crippen LogP contribution >= 0.6 is 0 Å². The van der Waals surface area contributed by atoms with E-state index in [9.17, 15) is 14.4 Å². The van der Waals surface area contributed by atoms with Gasteiger partial charge in [-0.3, -0.25) is 19.3 Å². The van der Waals surface area contributed by atoms with Crippen LogP contribution in [0.3, 0.4) is 0 Å². The van der Waals surface area contributed by atoms with Crippen molar-refractivity contribution in [2.24, 2.45) is 23.2 Å². The summed E-state index contributed by atoms with van der Waals surface area (Å²) in [7, 11) is 0. The zero-order valence-electron chi connectivity index (χ0n) is 19.4. The van der Waals surface area contributed by atoms with Gasteiger partial charge < -0.3 is 4.90 Å². The van der Waals surface area contributed by atoms with Gasteiger partial charge in [0.05, 0.1) is 29.1 Å². The molecule has 34 heavy (non-hydrogen) atoms. The minimum atomic E-state index is -0.285. The van der Waals surface area contributed by atoms with Crippen molar-refractivity contribution in [1.82, 2.24) is 9.80 Å². The Kier molecular flexibility index (Phi) is 4.37. The molecule has 174 valence electrons. The third kappa shape index (κ3) is 2.88. The second-order valence-electron chi connectivity index (χ2n) is 11.4. The van der Waals surface area contributed by atoms with E-state index in [2.05, 4.69) is 17.0 Å². The number of rotatable bonds is 3. The second-order valence-corrected chi connectivity index (χ2v) is 11.4. The number of benzene rings is 2. The largest absolute Gasteiger partial charge is 0.333 e. The third-order valence-electron chi connectivity index (χ3n) is 9.40. The van der Waals surface area contributed by atoms with Crippen LogP contribution in [-0.2, 0) is 11.2 Å². The van der Waals surface area contributed by atoms with E-state index in [0.717, 1.165) is 31.2 Å². The molecule has 3 amide bonds. The van der Waals surface area contributed by atoms with Gasteiger partial charge in [0.2, 0.25) is 5.91 Å². The van der Waals surface area contributed by atoms with Gasteiger partial charge in [-0.05, 0) is 86.0 Å². The lowest BCUT2D eigenvalue weighted by Crippen LogP contribution is -2.57. The molecule has 2 aliphatic heterocycles. The number of amides is 3. The normalized spacial score (nSPS) is 33.3. The van der Waals surface area contributed by atoms with Crippen molar-refractivity contribution < 1.29 is 14.4 Å². The van der Waals surface area contributed by atoms with Crippen LogP contribution in [0.25, 0.3) is 0 Å². The molecule has 0 radical (unpaired) electrons. The number of hydrogen-bond donors (Lipinski definition) is 0. The van der Waals surface area contributed by atoms with E-state index in [1.807, 2.05) is 12.1 Å². The first kappa shape index (κ1) is 20.4. The lowest BCUT2D eigenvalue weighted by molar-refractivity contribution is -0.161. The molecule has 0 unspecified atom stereocenters. The Bertz CT molecular complexity index is 1150. The lowest BCUT2D eigenvalue weighted by Gasteiger charge is -2.57. The highest BCUT2D eigenvalue weighted by molar-refractivity contribution is 6.21. The van der Waals surface area contributed by atoms with Crippen molar-refractivity contribution in [1.29, 1.82) is 0 Å². The first-order valence-electron chi connectivity index (χ1n) is 12.9. The zero-order chi connectivity index (χ0) is 23.0. The maximum Gasteiger partial charge on any atom is 0.261 e. The highest BCUT2D eigenvalue weighted by Crippen LogP contribution is 2.61. The summed E-state index contributed by atoms with van der Waals surface area (Å²) in [5, 5.41) is 0. The van der Waals surface area contributed by atoms with Gasteiger partial charge in [-0.1, -0.05) is 36.4 Å². The quantitative estimate of drug-likeness (QED) is 0.636. The molecule has 0 aromatic heterocycles. The van der Waals surface area contributed by atoms with Gasteiger partial charge in [0, 0.05) is 6.54 Å². The van der Waals surface area contributed by atoms with Crippen LogP contribution in [0.1, 0.15) is 76.4 Å². The molecule has 8 rings (SSSR count). The minimum Gasteiger partial charge on any atom is -0.333 e. The van der Waals surface area contributed by atoms with Crippen LogP contribution in [0, 0.1) is 23.2 Å². The van der Waals surface area contributed by atoms with Gasteiger partial charge in [-0.25, -0.2) is 0 Å². The van der Waals surface area contributed by atoms with E-state index in [1.54, 1.807) is 24.3 Å². The summed E-state index contributed by atoms with van der Waals surface area (Å²) >= 11 is 0. The smallest absolute Gasteiger partial charge is 0.261 e. The van der Waals surface area contributed by atoms with Crippen molar-refractivity contribution in [3.05, 3.63) is 70.8 Å². The van der Waals surface area contributed by atoms with Crippen LogP contribution in [0.15, 0.2) is 48.5 Å². The summed E-state index contributed by atoms with van der Waals surface area (Å²) < 4.78 is 0. The zero-order valence-corrected chi connectivity index (χ0v) is 19.4. The molecule has 4 fully saturated rings. The van der Waals surface area contributed by atoms with Crippen LogP contribution in [0.4, 0.5) is 0 Å². The second kappa shape index (κ2) is 7.27. The molecule has 4 bridgehead atoms. The summed E-state index contributed by atoms with van der Waals surface area (Å²) in [5.74, 6) is 1.88. The van der Waals surface area contributed by atoms with E-state index in [4.69, 9.17) is 0 Å². The van der Waals surface area contributed by atoms with Gasteiger partial charge in [-0.15, -0.1) is 0 Å². The maximum atomic E-state index is 14.4. The SMILES string of the molecule is O=C1c2ccccc2C(=O)N1C[C@@H]1c2ccccc2CCN1C(=O)C12CC3CC(CC(C3)C1)C2. The van der Waals surface area contributed by atoms with Gasteiger partial charge in [-0.2, -0.15) is 0 Å². The fraction of sp³-hybridized carbons (Fsp3) is 0.483. The monoisotopic (exact) mass is 454 g/mol. The Morgan fingerprint density at radius 3 is 2.00 bits per heavy atom. The fourth-order valence-corrected chi connectivity index (χ4v) is 8.35. The summed E-state index contributed by atoms with van der Waals surface area (Å²) in [6, 6.07) is 15.0. The Balaban J connectivity index is 1.24. The summed E-state index contributed by atoms with van der Waals surface area (Å²) in [4.78, 5) is 44.2. The Labute approximate surface area is 200 Å². The Hall–Kier alpha value is -2.95. The minimum absolute atomic E-state index is 0.224. The third-order valence-corrected chi connectivity index (χ3v) is 9.40. The molecule has 0 N–H and O–H groups in total. The van der Waals surface area contributed by atoms with E-state index in [0.29, 0.717) is 35.4 Å². The molecule has 5 nitrogen and oxygen atoms in total. The molecule has 6 aliphatic rings. The molecule has 4 aliphatic carbocycles. The lowest BCUT2D eigenvalue weighted by atomic mass is 9.49. The van der Waals surface area contributed by atoms with Gasteiger partial charge in [0.25, 0.3) is 11.8 Å². The maximum absolute atomic E-state index is 14.4. The fourth-order valence-electron chi connectivity index (χ4n) is 8.35. The van der Waals surface area contributed by atoms with Crippen molar-refractivity contribution in [2.45, 2.75) is 51.0 Å². The average molecular weight is 455 g/mol. The van der Waals surface area contributed by atoms with Gasteiger partial charge >= 0.3 is 0 Å². The Morgan fingerprint density at radius 2 is 1.38 bits per heavy atom. The predicted molar refractivity (Wildman–Crippen MR) is 127 cm³/mol. The van der Waals surface area contributed by atoms with Crippen LogP contribution in [0.2, 0.25) is 0 Å². The number of nitrogens with zero attached hydrogens (tertiary/aromatic N) is 2. The van der Waals surface area contributed by atoms with Crippen molar-refractivity contribution in [2.75, 3.05) is 13.1 Å². The Morgan fingerprint density at radius 1 is 0.824 bits per heavy atom. The standard InChI is InChI=1S/C29H30N2O3/c32-26-23-7-3-4-8-24(23)27(33)31(26)17-25-22-6-2-1-5-21(22)9-10-30(25)28(34)29-14-18-11-19(15-29)13-20(12-18)16-29/h1-8,18-20,25H,9-17H2/t18?,19?,20?,25-,29?/m1/s1. The number of fused-ring (bicyclic) bond motifs is 2. The molecule has 2 aromatic rings. The van der Waals surface area contributed by atoms with Crippen LogP contribution in [0.5, 0.6) is 0 Å². The van der Waals surface area contributed by atoms with Crippen molar-refractivity contribution >= 4 is 17.7 Å². The highest BCUT2D eigenvalue weighted by Gasteiger charge is 2.56.